The number of benzene rings is 1. The van der Waals surface area contributed by atoms with Crippen LogP contribution in [0, 0.1) is 6.92 Å². The molecule has 1 aromatic heterocycles. The molecule has 2 aromatic rings. The lowest BCUT2D eigenvalue weighted by molar-refractivity contribution is 0.265. The Balaban J connectivity index is 1.82. The lowest BCUT2D eigenvalue weighted by Gasteiger charge is -2.22. The van der Waals surface area contributed by atoms with Gasteiger partial charge >= 0.3 is 0 Å². The number of aliphatic hydroxyl groups excluding tert-OH is 1. The third-order valence-corrected chi connectivity index (χ3v) is 3.87. The van der Waals surface area contributed by atoms with E-state index in [-0.39, 0.29) is 12.6 Å². The summed E-state index contributed by atoms with van der Waals surface area (Å²) in [6.45, 7) is 3.17. The zero-order valence-corrected chi connectivity index (χ0v) is 11.7. The standard InChI is InChI=1S/C16H19N3O/c1-12-4-6-13(7-5-12)14-9-17-16(18-10-14)19-8-2-3-15(19)11-20/h4-7,9-10,15,20H,2-3,8,11H2,1H3. The van der Waals surface area contributed by atoms with Gasteiger partial charge in [-0.3, -0.25) is 0 Å². The Morgan fingerprint density at radius 3 is 2.50 bits per heavy atom. The summed E-state index contributed by atoms with van der Waals surface area (Å²) in [7, 11) is 0. The van der Waals surface area contributed by atoms with Crippen molar-refractivity contribution in [2.75, 3.05) is 18.1 Å². The third kappa shape index (κ3) is 2.51. The van der Waals surface area contributed by atoms with Crippen LogP contribution in [0.2, 0.25) is 0 Å². The van der Waals surface area contributed by atoms with E-state index in [1.807, 2.05) is 12.4 Å². The predicted octanol–water partition coefficient (Wildman–Crippen LogP) is 2.41. The Labute approximate surface area is 119 Å². The Morgan fingerprint density at radius 1 is 1.15 bits per heavy atom. The molecule has 1 atom stereocenters. The number of rotatable bonds is 3. The second-order valence-electron chi connectivity index (χ2n) is 5.31. The molecule has 0 aliphatic carbocycles. The van der Waals surface area contributed by atoms with Crippen LogP contribution in [0.5, 0.6) is 0 Å². The monoisotopic (exact) mass is 269 g/mol. The quantitative estimate of drug-likeness (QED) is 0.929. The van der Waals surface area contributed by atoms with Crippen molar-refractivity contribution in [3.8, 4) is 11.1 Å². The van der Waals surface area contributed by atoms with E-state index in [4.69, 9.17) is 0 Å². The summed E-state index contributed by atoms with van der Waals surface area (Å²) in [6.07, 6.45) is 5.83. The largest absolute Gasteiger partial charge is 0.394 e. The fraction of sp³-hybridized carbons (Fsp3) is 0.375. The second-order valence-corrected chi connectivity index (χ2v) is 5.31. The van der Waals surface area contributed by atoms with Crippen LogP contribution in [0.25, 0.3) is 11.1 Å². The van der Waals surface area contributed by atoms with Gasteiger partial charge in [-0.2, -0.15) is 0 Å². The fourth-order valence-electron chi connectivity index (χ4n) is 2.65. The molecule has 2 heterocycles. The maximum atomic E-state index is 9.36. The molecule has 0 bridgehead atoms. The molecular formula is C16H19N3O. The highest BCUT2D eigenvalue weighted by atomic mass is 16.3. The molecule has 0 spiro atoms. The van der Waals surface area contributed by atoms with Crippen molar-refractivity contribution in [2.24, 2.45) is 0 Å². The average Bonchev–Trinajstić information content (AvgIpc) is 2.97. The first-order chi connectivity index (χ1) is 9.78. The van der Waals surface area contributed by atoms with Gasteiger partial charge in [-0.15, -0.1) is 0 Å². The zero-order chi connectivity index (χ0) is 13.9. The van der Waals surface area contributed by atoms with Crippen LogP contribution in [0.4, 0.5) is 5.95 Å². The topological polar surface area (TPSA) is 49.2 Å². The molecule has 0 amide bonds. The maximum absolute atomic E-state index is 9.36. The maximum Gasteiger partial charge on any atom is 0.225 e. The van der Waals surface area contributed by atoms with Gasteiger partial charge < -0.3 is 10.0 Å². The van der Waals surface area contributed by atoms with Gasteiger partial charge in [0.2, 0.25) is 5.95 Å². The minimum atomic E-state index is 0.167. The highest BCUT2D eigenvalue weighted by Gasteiger charge is 2.25. The summed E-state index contributed by atoms with van der Waals surface area (Å²) in [5.41, 5.74) is 3.39. The number of hydrogen-bond donors (Lipinski definition) is 1. The van der Waals surface area contributed by atoms with E-state index in [9.17, 15) is 5.11 Å². The molecule has 20 heavy (non-hydrogen) atoms. The van der Waals surface area contributed by atoms with Gasteiger partial charge in [0.25, 0.3) is 0 Å². The molecule has 0 radical (unpaired) electrons. The fourth-order valence-corrected chi connectivity index (χ4v) is 2.65. The van der Waals surface area contributed by atoms with Crippen LogP contribution >= 0.6 is 0 Å². The number of anilines is 1. The minimum absolute atomic E-state index is 0.167. The molecule has 1 saturated heterocycles. The summed E-state index contributed by atoms with van der Waals surface area (Å²) in [5, 5.41) is 9.36. The van der Waals surface area contributed by atoms with Crippen molar-refractivity contribution in [3.63, 3.8) is 0 Å². The van der Waals surface area contributed by atoms with E-state index < -0.39 is 0 Å². The molecule has 0 saturated carbocycles. The summed E-state index contributed by atoms with van der Waals surface area (Å²) in [4.78, 5) is 11.0. The predicted molar refractivity (Wildman–Crippen MR) is 79.7 cm³/mol. The third-order valence-electron chi connectivity index (χ3n) is 3.87. The minimum Gasteiger partial charge on any atom is -0.394 e. The molecule has 3 rings (SSSR count). The number of nitrogens with zero attached hydrogens (tertiary/aromatic N) is 3. The molecule has 1 unspecified atom stereocenters. The molecule has 104 valence electrons. The first-order valence-electron chi connectivity index (χ1n) is 7.04. The van der Waals surface area contributed by atoms with E-state index in [1.54, 1.807) is 0 Å². The molecule has 1 aliphatic heterocycles. The van der Waals surface area contributed by atoms with Gasteiger partial charge in [-0.25, -0.2) is 9.97 Å². The van der Waals surface area contributed by atoms with E-state index in [1.165, 1.54) is 5.56 Å². The van der Waals surface area contributed by atoms with Crippen molar-refractivity contribution < 1.29 is 5.11 Å². The first-order valence-corrected chi connectivity index (χ1v) is 7.04. The Bertz CT molecular complexity index is 565. The SMILES string of the molecule is Cc1ccc(-c2cnc(N3CCCC3CO)nc2)cc1. The van der Waals surface area contributed by atoms with Gasteiger partial charge in [-0.05, 0) is 25.3 Å². The highest BCUT2D eigenvalue weighted by Crippen LogP contribution is 2.24. The Kier molecular flexibility index (Phi) is 3.65. The normalized spacial score (nSPS) is 18.5. The lowest BCUT2D eigenvalue weighted by Crippen LogP contribution is -2.33. The van der Waals surface area contributed by atoms with Crippen molar-refractivity contribution in [1.29, 1.82) is 0 Å². The number of hydrogen-bond acceptors (Lipinski definition) is 4. The first kappa shape index (κ1) is 13.1. The van der Waals surface area contributed by atoms with Gasteiger partial charge in [0, 0.05) is 24.5 Å². The van der Waals surface area contributed by atoms with Crippen molar-refractivity contribution >= 4 is 5.95 Å². The van der Waals surface area contributed by atoms with Gasteiger partial charge in [-0.1, -0.05) is 29.8 Å². The zero-order valence-electron chi connectivity index (χ0n) is 11.7. The van der Waals surface area contributed by atoms with Crippen LogP contribution < -0.4 is 4.90 Å². The summed E-state index contributed by atoms with van der Waals surface area (Å²) >= 11 is 0. The van der Waals surface area contributed by atoms with E-state index in [2.05, 4.69) is 46.1 Å². The molecule has 4 heteroatoms. The second kappa shape index (κ2) is 5.59. The van der Waals surface area contributed by atoms with Gasteiger partial charge in [0.15, 0.2) is 0 Å². The molecule has 4 nitrogen and oxygen atoms in total. The Morgan fingerprint density at radius 2 is 1.85 bits per heavy atom. The van der Waals surface area contributed by atoms with Crippen molar-refractivity contribution in [3.05, 3.63) is 42.2 Å². The molecule has 1 fully saturated rings. The number of aliphatic hydroxyl groups is 1. The average molecular weight is 269 g/mol. The number of aromatic nitrogens is 2. The van der Waals surface area contributed by atoms with E-state index >= 15 is 0 Å². The van der Waals surface area contributed by atoms with Crippen LogP contribution in [0.1, 0.15) is 18.4 Å². The van der Waals surface area contributed by atoms with E-state index in [0.29, 0.717) is 0 Å². The molecule has 1 aliphatic rings. The van der Waals surface area contributed by atoms with Crippen LogP contribution in [0.15, 0.2) is 36.7 Å². The van der Waals surface area contributed by atoms with Crippen LogP contribution in [0.3, 0.4) is 0 Å². The Hall–Kier alpha value is -1.94. The summed E-state index contributed by atoms with van der Waals surface area (Å²) in [5.74, 6) is 0.720. The lowest BCUT2D eigenvalue weighted by atomic mass is 10.1. The van der Waals surface area contributed by atoms with Crippen molar-refractivity contribution in [2.45, 2.75) is 25.8 Å². The highest BCUT2D eigenvalue weighted by molar-refractivity contribution is 5.62. The van der Waals surface area contributed by atoms with E-state index in [0.717, 1.165) is 36.5 Å². The summed E-state index contributed by atoms with van der Waals surface area (Å²) in [6, 6.07) is 8.51. The van der Waals surface area contributed by atoms with Gasteiger partial charge in [0.05, 0.1) is 12.6 Å². The van der Waals surface area contributed by atoms with Crippen LogP contribution in [-0.2, 0) is 0 Å². The molecule has 1 N–H and O–H groups in total. The summed E-state index contributed by atoms with van der Waals surface area (Å²) < 4.78 is 0. The molecular weight excluding hydrogens is 250 g/mol. The molecule has 1 aromatic carbocycles. The smallest absolute Gasteiger partial charge is 0.225 e. The van der Waals surface area contributed by atoms with Crippen molar-refractivity contribution in [1.82, 2.24) is 9.97 Å². The van der Waals surface area contributed by atoms with Crippen LogP contribution in [-0.4, -0.2) is 34.3 Å². The van der Waals surface area contributed by atoms with Gasteiger partial charge in [0.1, 0.15) is 0 Å². The number of aryl methyl sites for hydroxylation is 1.